The van der Waals surface area contributed by atoms with Crippen LogP contribution in [-0.4, -0.2) is 31.0 Å². The van der Waals surface area contributed by atoms with Crippen LogP contribution in [-0.2, 0) is 16.6 Å². The van der Waals surface area contributed by atoms with Gasteiger partial charge >= 0.3 is 5.97 Å². The molecule has 3 aromatic rings. The lowest BCUT2D eigenvalue weighted by molar-refractivity contribution is -0.159. The van der Waals surface area contributed by atoms with Crippen molar-refractivity contribution in [1.29, 1.82) is 0 Å². The van der Waals surface area contributed by atoms with Crippen LogP contribution in [0.25, 0.3) is 5.69 Å². The van der Waals surface area contributed by atoms with Gasteiger partial charge in [0.05, 0.1) is 16.8 Å². The molecule has 0 saturated heterocycles. The third kappa shape index (κ3) is 3.33. The van der Waals surface area contributed by atoms with Crippen LogP contribution < -0.4 is 0 Å². The van der Waals surface area contributed by atoms with Crippen LogP contribution in [0.3, 0.4) is 0 Å². The van der Waals surface area contributed by atoms with E-state index in [0.29, 0.717) is 16.7 Å². The molecule has 156 valence electrons. The molecule has 0 aliphatic carbocycles. The van der Waals surface area contributed by atoms with Gasteiger partial charge in [-0.15, -0.1) is 10.2 Å². The fourth-order valence-electron chi connectivity index (χ4n) is 3.43. The van der Waals surface area contributed by atoms with Crippen LogP contribution in [0, 0.1) is 19.3 Å². The molecule has 0 amide bonds. The Hall–Kier alpha value is -2.93. The fourth-order valence-corrected chi connectivity index (χ4v) is 3.55. The zero-order chi connectivity index (χ0) is 21.8. The third-order valence-electron chi connectivity index (χ3n) is 5.21. The number of hydrogen-bond donors (Lipinski definition) is 0. The van der Waals surface area contributed by atoms with Gasteiger partial charge < -0.3 is 9.30 Å². The Morgan fingerprint density at radius 1 is 1.13 bits per heavy atom. The molecule has 2 aromatic heterocycles. The van der Waals surface area contributed by atoms with Gasteiger partial charge in [0.25, 0.3) is 6.23 Å². The van der Waals surface area contributed by atoms with Crippen molar-refractivity contribution in [2.24, 2.45) is 17.5 Å². The number of carbonyl (C=O) groups excluding carboxylic acids is 1. The molecule has 0 fully saturated rings. The molecule has 1 aliphatic rings. The summed E-state index contributed by atoms with van der Waals surface area (Å²) in [7, 11) is 1.99. The predicted molar refractivity (Wildman–Crippen MR) is 115 cm³/mol. The van der Waals surface area contributed by atoms with Gasteiger partial charge in [0.2, 0.25) is 5.82 Å². The number of carbonyl (C=O) groups is 1. The molecule has 0 unspecified atom stereocenters. The minimum absolute atomic E-state index is 0.359. The van der Waals surface area contributed by atoms with E-state index in [2.05, 4.69) is 10.2 Å². The Kier molecular flexibility index (Phi) is 4.81. The summed E-state index contributed by atoms with van der Waals surface area (Å²) < 4.78 is 9.79. The van der Waals surface area contributed by atoms with Gasteiger partial charge in [-0.05, 0) is 46.8 Å². The summed E-state index contributed by atoms with van der Waals surface area (Å²) >= 11 is 6.11. The summed E-state index contributed by atoms with van der Waals surface area (Å²) in [6.45, 7) is 9.34. The van der Waals surface area contributed by atoms with E-state index >= 15 is 0 Å². The van der Waals surface area contributed by atoms with E-state index in [9.17, 15) is 4.79 Å². The lowest BCUT2D eigenvalue weighted by Gasteiger charge is -2.20. The minimum Gasteiger partial charge on any atom is -0.431 e. The molecule has 0 bridgehead atoms. The van der Waals surface area contributed by atoms with Gasteiger partial charge in [-0.3, -0.25) is 9.36 Å². The number of aliphatic imine (C=N–C) groups is 1. The topological polar surface area (TPSA) is 74.3 Å². The average Bonchev–Trinajstić information content (AvgIpc) is 3.14. The second kappa shape index (κ2) is 7.09. The van der Waals surface area contributed by atoms with Gasteiger partial charge in [0, 0.05) is 35.1 Å². The molecule has 8 heteroatoms. The Morgan fingerprint density at radius 3 is 2.43 bits per heavy atom. The second-order valence-electron chi connectivity index (χ2n) is 8.52. The monoisotopic (exact) mass is 425 g/mol. The maximum absolute atomic E-state index is 12.7. The van der Waals surface area contributed by atoms with Crippen molar-refractivity contribution >= 4 is 23.3 Å². The van der Waals surface area contributed by atoms with E-state index in [1.54, 1.807) is 0 Å². The summed E-state index contributed by atoms with van der Waals surface area (Å²) in [6.07, 6.45) is 1.10. The first kappa shape index (κ1) is 20.3. The molecule has 0 N–H and O–H groups in total. The predicted octanol–water partition coefficient (Wildman–Crippen LogP) is 4.31. The highest BCUT2D eigenvalue weighted by molar-refractivity contribution is 6.30. The SMILES string of the molecule is Cc1c2c(cn1C)-n1c(C)nnc1[C@H](OC(=O)C(C)(C)C)N=C2c1ccc(Cl)cc1. The van der Waals surface area contributed by atoms with E-state index < -0.39 is 11.6 Å². The van der Waals surface area contributed by atoms with Crippen molar-refractivity contribution in [3.63, 3.8) is 0 Å². The maximum atomic E-state index is 12.7. The Balaban J connectivity index is 1.98. The van der Waals surface area contributed by atoms with Crippen LogP contribution in [0.1, 0.15) is 55.5 Å². The Bertz CT molecular complexity index is 1170. The van der Waals surface area contributed by atoms with E-state index in [-0.39, 0.29) is 5.97 Å². The zero-order valence-corrected chi connectivity index (χ0v) is 18.7. The average molecular weight is 426 g/mol. The van der Waals surface area contributed by atoms with Gasteiger partial charge in [-0.25, -0.2) is 4.99 Å². The Labute approximate surface area is 180 Å². The van der Waals surface area contributed by atoms with Crippen LogP contribution in [0.15, 0.2) is 35.5 Å². The summed E-state index contributed by atoms with van der Waals surface area (Å²) in [6, 6.07) is 7.48. The molecule has 0 spiro atoms. The van der Waals surface area contributed by atoms with E-state index in [1.807, 2.05) is 81.3 Å². The standard InChI is InChI=1S/C22H24ClN5O2/c1-12-17-16(11-27(12)6)28-13(2)25-26-19(28)20(30-21(29)22(3,4)5)24-18(17)14-7-9-15(23)10-8-14/h7-11,20H,1-6H3/t20-/m0/s1. The quantitative estimate of drug-likeness (QED) is 0.573. The van der Waals surface area contributed by atoms with Gasteiger partial charge in [-0.2, -0.15) is 0 Å². The number of benzene rings is 1. The number of ether oxygens (including phenoxy) is 1. The normalized spacial score (nSPS) is 15.8. The van der Waals surface area contributed by atoms with Crippen molar-refractivity contribution in [1.82, 2.24) is 19.3 Å². The first-order valence-corrected chi connectivity index (χ1v) is 10.1. The number of rotatable bonds is 2. The molecular weight excluding hydrogens is 402 g/mol. The molecular formula is C22H24ClN5O2. The molecule has 1 atom stereocenters. The van der Waals surface area contributed by atoms with E-state index in [4.69, 9.17) is 21.3 Å². The highest BCUT2D eigenvalue weighted by atomic mass is 35.5. The van der Waals surface area contributed by atoms with Crippen LogP contribution in [0.5, 0.6) is 0 Å². The molecule has 3 heterocycles. The number of aryl methyl sites for hydroxylation is 2. The summed E-state index contributed by atoms with van der Waals surface area (Å²) in [4.78, 5) is 17.6. The first-order chi connectivity index (χ1) is 14.1. The van der Waals surface area contributed by atoms with Crippen LogP contribution in [0.2, 0.25) is 5.02 Å². The summed E-state index contributed by atoms with van der Waals surface area (Å²) in [5.41, 5.74) is 3.79. The molecule has 1 aromatic carbocycles. The number of hydrogen-bond acceptors (Lipinski definition) is 5. The number of aromatic nitrogens is 4. The van der Waals surface area contributed by atoms with Gasteiger partial charge in [0.1, 0.15) is 5.82 Å². The van der Waals surface area contributed by atoms with E-state index in [0.717, 1.165) is 28.2 Å². The van der Waals surface area contributed by atoms with Crippen molar-refractivity contribution in [2.75, 3.05) is 0 Å². The lowest BCUT2D eigenvalue weighted by atomic mass is 9.97. The largest absolute Gasteiger partial charge is 0.431 e. The molecule has 1 aliphatic heterocycles. The molecule has 0 radical (unpaired) electrons. The number of fused-ring (bicyclic) bond motifs is 3. The minimum atomic E-state index is -0.916. The number of halogens is 1. The second-order valence-corrected chi connectivity index (χ2v) is 8.96. The van der Waals surface area contributed by atoms with Gasteiger partial charge in [0.15, 0.2) is 0 Å². The summed E-state index contributed by atoms with van der Waals surface area (Å²) in [5, 5.41) is 9.18. The lowest BCUT2D eigenvalue weighted by Crippen LogP contribution is -2.25. The maximum Gasteiger partial charge on any atom is 0.313 e. The smallest absolute Gasteiger partial charge is 0.313 e. The highest BCUT2D eigenvalue weighted by Gasteiger charge is 2.35. The van der Waals surface area contributed by atoms with Gasteiger partial charge in [-0.1, -0.05) is 23.7 Å². The molecule has 4 rings (SSSR count). The number of nitrogens with zero attached hydrogens (tertiary/aromatic N) is 5. The van der Waals surface area contributed by atoms with Crippen molar-refractivity contribution in [3.05, 3.63) is 64.0 Å². The first-order valence-electron chi connectivity index (χ1n) is 9.71. The fraction of sp³-hybridized carbons (Fsp3) is 0.364. The van der Waals surface area contributed by atoms with Crippen molar-refractivity contribution in [3.8, 4) is 5.69 Å². The molecule has 0 saturated carbocycles. The molecule has 30 heavy (non-hydrogen) atoms. The Morgan fingerprint density at radius 2 is 1.80 bits per heavy atom. The zero-order valence-electron chi connectivity index (χ0n) is 17.9. The van der Waals surface area contributed by atoms with Crippen molar-refractivity contribution < 1.29 is 9.53 Å². The molecule has 7 nitrogen and oxygen atoms in total. The highest BCUT2D eigenvalue weighted by Crippen LogP contribution is 2.35. The van der Waals surface area contributed by atoms with E-state index in [1.165, 1.54) is 0 Å². The van der Waals surface area contributed by atoms with Crippen LogP contribution in [0.4, 0.5) is 0 Å². The van der Waals surface area contributed by atoms with Crippen LogP contribution >= 0.6 is 11.6 Å². The summed E-state index contributed by atoms with van der Waals surface area (Å²) in [5.74, 6) is 0.810. The number of esters is 1. The van der Waals surface area contributed by atoms with Crippen molar-refractivity contribution in [2.45, 2.75) is 40.8 Å². The third-order valence-corrected chi connectivity index (χ3v) is 5.46.